The zero-order chi connectivity index (χ0) is 13.5. The van der Waals surface area contributed by atoms with Gasteiger partial charge in [-0.1, -0.05) is 13.8 Å². The number of rotatable bonds is 7. The van der Waals surface area contributed by atoms with Crippen molar-refractivity contribution in [2.24, 2.45) is 5.92 Å². The van der Waals surface area contributed by atoms with Crippen LogP contribution in [-0.4, -0.2) is 22.6 Å². The van der Waals surface area contributed by atoms with Crippen LogP contribution >= 0.6 is 15.9 Å². The van der Waals surface area contributed by atoms with Crippen LogP contribution in [-0.2, 0) is 6.54 Å². The lowest BCUT2D eigenvalue weighted by Crippen LogP contribution is -2.25. The predicted octanol–water partition coefficient (Wildman–Crippen LogP) is 2.34. The van der Waals surface area contributed by atoms with E-state index in [0.717, 1.165) is 38.3 Å². The van der Waals surface area contributed by atoms with E-state index < -0.39 is 0 Å². The van der Waals surface area contributed by atoms with Crippen molar-refractivity contribution in [2.45, 2.75) is 40.2 Å². The lowest BCUT2D eigenvalue weighted by molar-refractivity contribution is 0.510. The van der Waals surface area contributed by atoms with Crippen molar-refractivity contribution in [3.63, 3.8) is 0 Å². The molecule has 4 nitrogen and oxygen atoms in total. The first kappa shape index (κ1) is 15.4. The summed E-state index contributed by atoms with van der Waals surface area (Å²) in [6, 6.07) is 0. The van der Waals surface area contributed by atoms with Crippen molar-refractivity contribution in [1.82, 2.24) is 14.9 Å². The SMILES string of the molecule is Cc1ncc(Br)c(=O)n1CCCCNCC(C)C. The number of nitrogens with one attached hydrogen (secondary N) is 1. The Morgan fingerprint density at radius 1 is 1.44 bits per heavy atom. The van der Waals surface area contributed by atoms with Crippen molar-refractivity contribution < 1.29 is 0 Å². The second-order valence-electron chi connectivity index (χ2n) is 4.92. The molecule has 5 heteroatoms. The summed E-state index contributed by atoms with van der Waals surface area (Å²) >= 11 is 3.22. The average Bonchev–Trinajstić information content (AvgIpc) is 2.32. The summed E-state index contributed by atoms with van der Waals surface area (Å²) in [7, 11) is 0. The van der Waals surface area contributed by atoms with Gasteiger partial charge >= 0.3 is 0 Å². The van der Waals surface area contributed by atoms with Gasteiger partial charge in [0, 0.05) is 12.7 Å². The van der Waals surface area contributed by atoms with Crippen LogP contribution in [0.15, 0.2) is 15.5 Å². The molecule has 0 aromatic carbocycles. The first-order valence-corrected chi connectivity index (χ1v) is 7.24. The van der Waals surface area contributed by atoms with Crippen LogP contribution in [0.2, 0.25) is 0 Å². The molecule has 0 radical (unpaired) electrons. The van der Waals surface area contributed by atoms with Crippen LogP contribution in [0.4, 0.5) is 0 Å². The highest BCUT2D eigenvalue weighted by Gasteiger charge is 2.04. The molecule has 1 aromatic rings. The highest BCUT2D eigenvalue weighted by atomic mass is 79.9. The number of aryl methyl sites for hydroxylation is 1. The Labute approximate surface area is 117 Å². The van der Waals surface area contributed by atoms with Gasteiger partial charge in [0.05, 0.1) is 0 Å². The predicted molar refractivity (Wildman–Crippen MR) is 77.9 cm³/mol. The summed E-state index contributed by atoms with van der Waals surface area (Å²) in [6.07, 6.45) is 3.63. The molecule has 0 atom stereocenters. The molecular weight excluding hydrogens is 294 g/mol. The second-order valence-corrected chi connectivity index (χ2v) is 5.77. The third-order valence-corrected chi connectivity index (χ3v) is 3.29. The van der Waals surface area contributed by atoms with E-state index in [1.165, 1.54) is 0 Å². The topological polar surface area (TPSA) is 46.9 Å². The summed E-state index contributed by atoms with van der Waals surface area (Å²) in [5.41, 5.74) is 0.0117. The standard InChI is InChI=1S/C13H22BrN3O/c1-10(2)8-15-6-4-5-7-17-11(3)16-9-12(14)13(17)18/h9-10,15H,4-8H2,1-3H3. The Morgan fingerprint density at radius 3 is 2.83 bits per heavy atom. The van der Waals surface area contributed by atoms with Gasteiger partial charge in [-0.25, -0.2) is 4.98 Å². The molecular formula is C13H22BrN3O. The monoisotopic (exact) mass is 315 g/mol. The smallest absolute Gasteiger partial charge is 0.267 e. The molecule has 0 aliphatic carbocycles. The summed E-state index contributed by atoms with van der Waals surface area (Å²) in [4.78, 5) is 16.0. The second kappa shape index (κ2) is 7.69. The minimum Gasteiger partial charge on any atom is -0.316 e. The van der Waals surface area contributed by atoms with E-state index in [1.807, 2.05) is 6.92 Å². The highest BCUT2D eigenvalue weighted by molar-refractivity contribution is 9.10. The van der Waals surface area contributed by atoms with Crippen LogP contribution in [0.3, 0.4) is 0 Å². The van der Waals surface area contributed by atoms with E-state index in [0.29, 0.717) is 10.4 Å². The Balaban J connectivity index is 2.36. The van der Waals surface area contributed by atoms with Gasteiger partial charge < -0.3 is 5.32 Å². The Morgan fingerprint density at radius 2 is 2.17 bits per heavy atom. The van der Waals surface area contributed by atoms with Gasteiger partial charge in [-0.2, -0.15) is 0 Å². The first-order chi connectivity index (χ1) is 8.52. The molecule has 18 heavy (non-hydrogen) atoms. The maximum Gasteiger partial charge on any atom is 0.267 e. The third kappa shape index (κ3) is 4.90. The van der Waals surface area contributed by atoms with Crippen molar-refractivity contribution in [3.8, 4) is 0 Å². The molecule has 0 bridgehead atoms. The number of nitrogens with zero attached hydrogens (tertiary/aromatic N) is 2. The summed E-state index contributed by atoms with van der Waals surface area (Å²) in [6.45, 7) is 9.06. The number of halogens is 1. The van der Waals surface area contributed by atoms with E-state index in [4.69, 9.17) is 0 Å². The minimum atomic E-state index is 0.0117. The normalized spacial score (nSPS) is 11.2. The molecule has 0 saturated heterocycles. The minimum absolute atomic E-state index is 0.0117. The van der Waals surface area contributed by atoms with Gasteiger partial charge in [0.1, 0.15) is 10.3 Å². The maximum atomic E-state index is 11.9. The lowest BCUT2D eigenvalue weighted by atomic mass is 10.2. The van der Waals surface area contributed by atoms with Gasteiger partial charge in [-0.05, 0) is 54.7 Å². The number of unbranched alkanes of at least 4 members (excludes halogenated alkanes) is 1. The van der Waals surface area contributed by atoms with Crippen LogP contribution in [0.1, 0.15) is 32.5 Å². The maximum absolute atomic E-state index is 11.9. The largest absolute Gasteiger partial charge is 0.316 e. The number of hydrogen-bond donors (Lipinski definition) is 1. The van der Waals surface area contributed by atoms with E-state index in [1.54, 1.807) is 10.8 Å². The summed E-state index contributed by atoms with van der Waals surface area (Å²) in [5.74, 6) is 1.46. The molecule has 0 amide bonds. The molecule has 0 unspecified atom stereocenters. The van der Waals surface area contributed by atoms with Crippen molar-refractivity contribution in [2.75, 3.05) is 13.1 Å². The zero-order valence-corrected chi connectivity index (χ0v) is 13.0. The highest BCUT2D eigenvalue weighted by Crippen LogP contribution is 2.03. The first-order valence-electron chi connectivity index (χ1n) is 6.45. The van der Waals surface area contributed by atoms with Gasteiger partial charge in [-0.3, -0.25) is 9.36 Å². The average molecular weight is 316 g/mol. The van der Waals surface area contributed by atoms with Crippen molar-refractivity contribution >= 4 is 15.9 Å². The molecule has 0 aliphatic rings. The number of aromatic nitrogens is 2. The van der Waals surface area contributed by atoms with Gasteiger partial charge in [0.15, 0.2) is 0 Å². The Kier molecular flexibility index (Phi) is 6.57. The molecule has 0 spiro atoms. The number of hydrogen-bond acceptors (Lipinski definition) is 3. The third-order valence-electron chi connectivity index (χ3n) is 2.74. The summed E-state index contributed by atoms with van der Waals surface area (Å²) < 4.78 is 2.26. The summed E-state index contributed by atoms with van der Waals surface area (Å²) in [5, 5.41) is 3.40. The Hall–Kier alpha value is -0.680. The van der Waals surface area contributed by atoms with E-state index in [-0.39, 0.29) is 5.56 Å². The molecule has 0 aliphatic heterocycles. The fourth-order valence-corrected chi connectivity index (χ4v) is 2.04. The van der Waals surface area contributed by atoms with Gasteiger partial charge in [-0.15, -0.1) is 0 Å². The van der Waals surface area contributed by atoms with E-state index in [2.05, 4.69) is 40.1 Å². The molecule has 1 aromatic heterocycles. The molecule has 102 valence electrons. The Bertz CT molecular complexity index is 429. The fourth-order valence-electron chi connectivity index (χ4n) is 1.72. The van der Waals surface area contributed by atoms with Crippen LogP contribution in [0.5, 0.6) is 0 Å². The molecule has 1 rings (SSSR count). The van der Waals surface area contributed by atoms with Crippen LogP contribution in [0, 0.1) is 12.8 Å². The fraction of sp³-hybridized carbons (Fsp3) is 0.692. The van der Waals surface area contributed by atoms with Crippen molar-refractivity contribution in [3.05, 3.63) is 26.8 Å². The molecule has 0 saturated carbocycles. The van der Waals surface area contributed by atoms with E-state index in [9.17, 15) is 4.79 Å². The van der Waals surface area contributed by atoms with Gasteiger partial charge in [0.25, 0.3) is 5.56 Å². The molecule has 0 fully saturated rings. The molecule has 1 heterocycles. The zero-order valence-electron chi connectivity index (χ0n) is 11.4. The van der Waals surface area contributed by atoms with Crippen LogP contribution < -0.4 is 10.9 Å². The quantitative estimate of drug-likeness (QED) is 0.786. The molecule has 1 N–H and O–H groups in total. The van der Waals surface area contributed by atoms with Gasteiger partial charge in [0.2, 0.25) is 0 Å². The lowest BCUT2D eigenvalue weighted by Gasteiger charge is -2.10. The van der Waals surface area contributed by atoms with Crippen LogP contribution in [0.25, 0.3) is 0 Å². The van der Waals surface area contributed by atoms with E-state index >= 15 is 0 Å². The van der Waals surface area contributed by atoms with Crippen molar-refractivity contribution in [1.29, 1.82) is 0 Å².